The van der Waals surface area contributed by atoms with E-state index in [9.17, 15) is 9.59 Å². The second-order valence-corrected chi connectivity index (χ2v) is 7.93. The fourth-order valence-electron chi connectivity index (χ4n) is 3.50. The van der Waals surface area contributed by atoms with Crippen molar-refractivity contribution in [3.63, 3.8) is 0 Å². The van der Waals surface area contributed by atoms with E-state index in [-0.39, 0.29) is 23.8 Å². The molecule has 3 rings (SSSR count). The van der Waals surface area contributed by atoms with Crippen LogP contribution in [0.5, 0.6) is 0 Å². The Morgan fingerprint density at radius 2 is 2.27 bits per heavy atom. The van der Waals surface area contributed by atoms with Gasteiger partial charge in [-0.25, -0.2) is 0 Å². The summed E-state index contributed by atoms with van der Waals surface area (Å²) in [4.78, 5) is 30.4. The van der Waals surface area contributed by atoms with Gasteiger partial charge in [0.25, 0.3) is 0 Å². The van der Waals surface area contributed by atoms with Gasteiger partial charge < -0.3 is 15.2 Å². The number of rotatable bonds is 3. The molecule has 7 heteroatoms. The molecule has 0 bridgehead atoms. The van der Waals surface area contributed by atoms with E-state index < -0.39 is 0 Å². The van der Waals surface area contributed by atoms with Gasteiger partial charge in [-0.15, -0.1) is 11.3 Å². The molecule has 120 valence electrons. The molecule has 22 heavy (non-hydrogen) atoms. The molecule has 2 N–H and O–H groups in total. The smallest absolute Gasteiger partial charge is 0.228 e. The standard InChI is InChI=1S/C15H21N3O2S2/c1-9-12(22-15(21)17-9)7-14(20)18-5-3-2-4-11(18)10-6-13(19)16-8-10/h10-11H,2-8H2,1H3,(H,16,19)(H,17,21)/t10-,11+/m1/s1. The van der Waals surface area contributed by atoms with Crippen LogP contribution in [0.3, 0.4) is 0 Å². The zero-order valence-electron chi connectivity index (χ0n) is 12.7. The highest BCUT2D eigenvalue weighted by molar-refractivity contribution is 7.73. The van der Waals surface area contributed by atoms with Gasteiger partial charge in [-0.2, -0.15) is 0 Å². The predicted octanol–water partition coefficient (Wildman–Crippen LogP) is 2.17. The van der Waals surface area contributed by atoms with Crippen LogP contribution in [0.25, 0.3) is 0 Å². The Morgan fingerprint density at radius 3 is 2.91 bits per heavy atom. The topological polar surface area (TPSA) is 65.2 Å². The molecule has 0 radical (unpaired) electrons. The summed E-state index contributed by atoms with van der Waals surface area (Å²) in [7, 11) is 0. The average molecular weight is 339 g/mol. The number of amides is 2. The van der Waals surface area contributed by atoms with Gasteiger partial charge in [0.2, 0.25) is 11.8 Å². The van der Waals surface area contributed by atoms with Crippen molar-refractivity contribution >= 4 is 35.4 Å². The molecule has 2 amide bonds. The Balaban J connectivity index is 1.72. The summed E-state index contributed by atoms with van der Waals surface area (Å²) in [6.45, 7) is 3.47. The maximum Gasteiger partial charge on any atom is 0.228 e. The summed E-state index contributed by atoms with van der Waals surface area (Å²) in [6, 6.07) is 0.201. The number of H-pyrrole nitrogens is 1. The van der Waals surface area contributed by atoms with Crippen molar-refractivity contribution in [1.29, 1.82) is 0 Å². The average Bonchev–Trinajstić information content (AvgIpc) is 3.05. The molecule has 0 aliphatic carbocycles. The molecular formula is C15H21N3O2S2. The number of thiazole rings is 1. The summed E-state index contributed by atoms with van der Waals surface area (Å²) in [5.74, 6) is 0.544. The maximum absolute atomic E-state index is 12.8. The summed E-state index contributed by atoms with van der Waals surface area (Å²) in [6.07, 6.45) is 4.16. The number of aryl methyl sites for hydroxylation is 1. The highest BCUT2D eigenvalue weighted by Crippen LogP contribution is 2.28. The SMILES string of the molecule is Cc1[nH]c(=S)sc1CC(=O)N1CCCC[C@H]1[C@H]1CNC(=O)C1. The Kier molecular flexibility index (Phi) is 4.63. The third-order valence-electron chi connectivity index (χ3n) is 4.66. The van der Waals surface area contributed by atoms with E-state index in [1.165, 1.54) is 11.3 Å². The van der Waals surface area contributed by atoms with Gasteiger partial charge in [-0.3, -0.25) is 9.59 Å². The third kappa shape index (κ3) is 3.25. The minimum Gasteiger partial charge on any atom is -0.356 e. The molecule has 3 heterocycles. The van der Waals surface area contributed by atoms with Gasteiger partial charge >= 0.3 is 0 Å². The number of hydrogen-bond donors (Lipinski definition) is 2. The Hall–Kier alpha value is -1.21. The molecule has 0 spiro atoms. The first-order valence-corrected chi connectivity index (χ1v) is 9.02. The number of aromatic amines is 1. The van der Waals surface area contributed by atoms with Gasteiger partial charge in [-0.05, 0) is 38.4 Å². The molecule has 2 aliphatic heterocycles. The van der Waals surface area contributed by atoms with Crippen LogP contribution in [0, 0.1) is 16.8 Å². The van der Waals surface area contributed by atoms with Crippen LogP contribution in [-0.2, 0) is 16.0 Å². The lowest BCUT2D eigenvalue weighted by molar-refractivity contribution is -0.135. The molecule has 2 aliphatic rings. The number of piperidine rings is 1. The van der Waals surface area contributed by atoms with Crippen LogP contribution in [-0.4, -0.2) is 40.8 Å². The second kappa shape index (κ2) is 6.50. The number of hydrogen-bond acceptors (Lipinski definition) is 4. The Labute approximate surface area is 139 Å². The van der Waals surface area contributed by atoms with Gasteiger partial charge in [-0.1, -0.05) is 0 Å². The minimum atomic E-state index is 0.113. The molecule has 5 nitrogen and oxygen atoms in total. The molecule has 0 saturated carbocycles. The molecule has 2 atom stereocenters. The van der Waals surface area contributed by atoms with Crippen molar-refractivity contribution < 1.29 is 9.59 Å². The fourth-order valence-corrected chi connectivity index (χ4v) is 4.78. The van der Waals surface area contributed by atoms with Crippen LogP contribution in [0.4, 0.5) is 0 Å². The largest absolute Gasteiger partial charge is 0.356 e. The first-order valence-electron chi connectivity index (χ1n) is 7.79. The van der Waals surface area contributed by atoms with Gasteiger partial charge in [0.1, 0.15) is 0 Å². The van der Waals surface area contributed by atoms with Crippen molar-refractivity contribution in [1.82, 2.24) is 15.2 Å². The zero-order valence-corrected chi connectivity index (χ0v) is 14.3. The quantitative estimate of drug-likeness (QED) is 0.830. The highest BCUT2D eigenvalue weighted by atomic mass is 32.1. The normalized spacial score (nSPS) is 25.3. The van der Waals surface area contributed by atoms with Crippen LogP contribution < -0.4 is 5.32 Å². The van der Waals surface area contributed by atoms with Crippen molar-refractivity contribution in [2.75, 3.05) is 13.1 Å². The first-order chi connectivity index (χ1) is 10.5. The van der Waals surface area contributed by atoms with Crippen LogP contribution >= 0.6 is 23.6 Å². The Morgan fingerprint density at radius 1 is 1.45 bits per heavy atom. The number of nitrogens with zero attached hydrogens (tertiary/aromatic N) is 1. The number of likely N-dealkylation sites (tertiary alicyclic amines) is 1. The third-order valence-corrected chi connectivity index (χ3v) is 5.99. The molecule has 2 fully saturated rings. The maximum atomic E-state index is 12.8. The van der Waals surface area contributed by atoms with Crippen molar-refractivity contribution in [3.8, 4) is 0 Å². The Bertz CT molecular complexity index is 637. The van der Waals surface area contributed by atoms with E-state index in [4.69, 9.17) is 12.2 Å². The van der Waals surface area contributed by atoms with E-state index in [1.807, 2.05) is 11.8 Å². The summed E-state index contributed by atoms with van der Waals surface area (Å²) in [5, 5.41) is 2.89. The lowest BCUT2D eigenvalue weighted by Gasteiger charge is -2.39. The molecular weight excluding hydrogens is 318 g/mol. The molecule has 0 unspecified atom stereocenters. The zero-order chi connectivity index (χ0) is 15.7. The minimum absolute atomic E-state index is 0.113. The summed E-state index contributed by atoms with van der Waals surface area (Å²) >= 11 is 6.63. The molecule has 1 aromatic heterocycles. The number of carbonyl (C=O) groups is 2. The summed E-state index contributed by atoms with van der Waals surface area (Å²) < 4.78 is 0.723. The van der Waals surface area contributed by atoms with E-state index >= 15 is 0 Å². The second-order valence-electron chi connectivity index (χ2n) is 6.16. The number of carbonyl (C=O) groups excluding carboxylic acids is 2. The monoisotopic (exact) mass is 339 g/mol. The van der Waals surface area contributed by atoms with E-state index in [0.717, 1.165) is 40.3 Å². The lowest BCUT2D eigenvalue weighted by atomic mass is 9.89. The van der Waals surface area contributed by atoms with Gasteiger partial charge in [0, 0.05) is 42.0 Å². The van der Waals surface area contributed by atoms with Crippen LogP contribution in [0.1, 0.15) is 36.3 Å². The van der Waals surface area contributed by atoms with Crippen LogP contribution in [0.15, 0.2) is 0 Å². The lowest BCUT2D eigenvalue weighted by Crippen LogP contribution is -2.48. The number of aromatic nitrogens is 1. The first kappa shape index (κ1) is 15.7. The highest BCUT2D eigenvalue weighted by Gasteiger charge is 2.36. The molecule has 0 aromatic carbocycles. The van der Waals surface area contributed by atoms with E-state index in [0.29, 0.717) is 19.4 Å². The van der Waals surface area contributed by atoms with Crippen molar-refractivity contribution in [3.05, 3.63) is 14.5 Å². The van der Waals surface area contributed by atoms with Gasteiger partial charge in [0.15, 0.2) is 3.95 Å². The van der Waals surface area contributed by atoms with Crippen molar-refractivity contribution in [2.45, 2.75) is 45.1 Å². The molecule has 1 aromatic rings. The fraction of sp³-hybridized carbons (Fsp3) is 0.667. The molecule has 2 saturated heterocycles. The number of nitrogens with one attached hydrogen (secondary N) is 2. The summed E-state index contributed by atoms with van der Waals surface area (Å²) in [5.41, 5.74) is 0.995. The van der Waals surface area contributed by atoms with Crippen LogP contribution in [0.2, 0.25) is 0 Å². The van der Waals surface area contributed by atoms with E-state index in [1.54, 1.807) is 0 Å². The van der Waals surface area contributed by atoms with E-state index in [2.05, 4.69) is 10.3 Å². The predicted molar refractivity (Wildman–Crippen MR) is 88.4 cm³/mol. The van der Waals surface area contributed by atoms with Crippen molar-refractivity contribution in [2.24, 2.45) is 5.92 Å². The van der Waals surface area contributed by atoms with Gasteiger partial charge in [0.05, 0.1) is 6.42 Å².